The zero-order valence-corrected chi connectivity index (χ0v) is 13.1. The maximum atomic E-state index is 4.55. The van der Waals surface area contributed by atoms with Crippen LogP contribution in [-0.2, 0) is 6.54 Å². The van der Waals surface area contributed by atoms with Crippen LogP contribution in [0.5, 0.6) is 0 Å². The Kier molecular flexibility index (Phi) is 5.80. The summed E-state index contributed by atoms with van der Waals surface area (Å²) in [5.41, 5.74) is 1.32. The first-order chi connectivity index (χ1) is 9.72. The average Bonchev–Trinajstić information content (AvgIpc) is 2.49. The summed E-state index contributed by atoms with van der Waals surface area (Å²) in [6.07, 6.45) is 4.65. The summed E-state index contributed by atoms with van der Waals surface area (Å²) in [7, 11) is 4.13. The Morgan fingerprint density at radius 1 is 1.35 bits per heavy atom. The van der Waals surface area contributed by atoms with Crippen LogP contribution in [0, 0.1) is 5.92 Å². The first-order valence-corrected chi connectivity index (χ1v) is 7.76. The number of hydrogen-bond donors (Lipinski definition) is 1. The van der Waals surface area contributed by atoms with E-state index in [1.165, 1.54) is 31.5 Å². The van der Waals surface area contributed by atoms with Crippen molar-refractivity contribution in [1.29, 1.82) is 0 Å². The summed E-state index contributed by atoms with van der Waals surface area (Å²) in [4.78, 5) is 9.26. The van der Waals surface area contributed by atoms with Crippen LogP contribution in [0.3, 0.4) is 0 Å². The van der Waals surface area contributed by atoms with Gasteiger partial charge in [-0.3, -0.25) is 4.90 Å². The highest BCUT2D eigenvalue weighted by atomic mass is 15.2. The fraction of sp³-hybridized carbons (Fsp3) is 0.688. The van der Waals surface area contributed by atoms with Crippen LogP contribution >= 0.6 is 0 Å². The summed E-state index contributed by atoms with van der Waals surface area (Å²) in [5, 5.41) is 3.29. The second kappa shape index (κ2) is 7.60. The summed E-state index contributed by atoms with van der Waals surface area (Å²) in [6.45, 7) is 7.75. The van der Waals surface area contributed by atoms with Crippen molar-refractivity contribution in [3.8, 4) is 0 Å². The minimum atomic E-state index is 0.856. The van der Waals surface area contributed by atoms with Crippen LogP contribution in [0.1, 0.15) is 25.3 Å². The van der Waals surface area contributed by atoms with Gasteiger partial charge in [-0.2, -0.15) is 0 Å². The van der Waals surface area contributed by atoms with Crippen LogP contribution in [-0.4, -0.2) is 50.2 Å². The molecule has 1 aliphatic rings. The van der Waals surface area contributed by atoms with Gasteiger partial charge in [-0.05, 0) is 64.0 Å². The molecule has 0 bridgehead atoms. The van der Waals surface area contributed by atoms with Crippen LogP contribution in [0.25, 0.3) is 0 Å². The second-order valence-corrected chi connectivity index (χ2v) is 5.82. The molecule has 0 saturated carbocycles. The van der Waals surface area contributed by atoms with Gasteiger partial charge in [0.25, 0.3) is 0 Å². The minimum Gasteiger partial charge on any atom is -0.360 e. The van der Waals surface area contributed by atoms with E-state index in [4.69, 9.17) is 0 Å². The molecule has 0 atom stereocenters. The molecule has 0 amide bonds. The molecule has 1 N–H and O–H groups in total. The van der Waals surface area contributed by atoms with E-state index >= 15 is 0 Å². The van der Waals surface area contributed by atoms with Gasteiger partial charge in [0, 0.05) is 26.3 Å². The normalized spacial score (nSPS) is 17.4. The van der Waals surface area contributed by atoms with E-state index in [2.05, 4.69) is 46.2 Å². The summed E-state index contributed by atoms with van der Waals surface area (Å²) >= 11 is 0. The van der Waals surface area contributed by atoms with Crippen molar-refractivity contribution in [2.45, 2.75) is 26.3 Å². The van der Waals surface area contributed by atoms with Gasteiger partial charge in [0.2, 0.25) is 0 Å². The van der Waals surface area contributed by atoms with E-state index in [1.54, 1.807) is 0 Å². The number of nitrogens with zero attached hydrogens (tertiary/aromatic N) is 3. The number of hydrogen-bond acceptors (Lipinski definition) is 4. The molecule has 1 fully saturated rings. The third kappa shape index (κ3) is 4.18. The molecule has 1 saturated heterocycles. The zero-order chi connectivity index (χ0) is 14.4. The molecule has 4 nitrogen and oxygen atoms in total. The van der Waals surface area contributed by atoms with E-state index in [-0.39, 0.29) is 0 Å². The summed E-state index contributed by atoms with van der Waals surface area (Å²) in [6, 6.07) is 4.35. The highest BCUT2D eigenvalue weighted by Crippen LogP contribution is 2.18. The Morgan fingerprint density at radius 3 is 2.65 bits per heavy atom. The van der Waals surface area contributed by atoms with Gasteiger partial charge in [-0.25, -0.2) is 4.98 Å². The molecule has 2 rings (SSSR count). The fourth-order valence-corrected chi connectivity index (χ4v) is 2.79. The maximum absolute atomic E-state index is 4.55. The molecule has 2 heterocycles. The molecule has 0 unspecified atom stereocenters. The number of rotatable bonds is 6. The molecule has 0 spiro atoms. The minimum absolute atomic E-state index is 0.856. The Labute approximate surface area is 123 Å². The maximum Gasteiger partial charge on any atom is 0.128 e. The molecule has 20 heavy (non-hydrogen) atoms. The topological polar surface area (TPSA) is 31.4 Å². The predicted molar refractivity (Wildman–Crippen MR) is 85.1 cm³/mol. The quantitative estimate of drug-likeness (QED) is 0.861. The lowest BCUT2D eigenvalue weighted by molar-refractivity contribution is 0.176. The van der Waals surface area contributed by atoms with Crippen LogP contribution < -0.4 is 10.2 Å². The van der Waals surface area contributed by atoms with Crippen molar-refractivity contribution in [2.24, 2.45) is 5.92 Å². The van der Waals surface area contributed by atoms with Gasteiger partial charge in [0.1, 0.15) is 5.82 Å². The van der Waals surface area contributed by atoms with E-state index in [1.807, 2.05) is 13.2 Å². The molecule has 0 aromatic carbocycles. The van der Waals surface area contributed by atoms with E-state index < -0.39 is 0 Å². The summed E-state index contributed by atoms with van der Waals surface area (Å²) < 4.78 is 0. The average molecular weight is 276 g/mol. The summed E-state index contributed by atoms with van der Waals surface area (Å²) in [5.74, 6) is 1.92. The van der Waals surface area contributed by atoms with Gasteiger partial charge >= 0.3 is 0 Å². The molecular weight excluding hydrogens is 248 g/mol. The lowest BCUT2D eigenvalue weighted by atomic mass is 9.96. The smallest absolute Gasteiger partial charge is 0.128 e. The van der Waals surface area contributed by atoms with Crippen molar-refractivity contribution in [3.05, 3.63) is 23.9 Å². The molecule has 0 radical (unpaired) electrons. The zero-order valence-electron chi connectivity index (χ0n) is 13.1. The molecular formula is C16H28N4. The van der Waals surface area contributed by atoms with Gasteiger partial charge in [-0.15, -0.1) is 0 Å². The lowest BCUT2D eigenvalue weighted by Crippen LogP contribution is -2.36. The first-order valence-electron chi connectivity index (χ1n) is 7.76. The van der Waals surface area contributed by atoms with Crippen molar-refractivity contribution in [1.82, 2.24) is 15.2 Å². The molecule has 112 valence electrons. The van der Waals surface area contributed by atoms with Gasteiger partial charge in [0.15, 0.2) is 0 Å². The molecule has 1 aromatic rings. The largest absolute Gasteiger partial charge is 0.360 e. The van der Waals surface area contributed by atoms with Crippen molar-refractivity contribution in [3.63, 3.8) is 0 Å². The third-order valence-corrected chi connectivity index (χ3v) is 4.28. The standard InChI is InChI=1S/C16H28N4/c1-4-19(3)16-6-5-15(12-18-16)13-20-9-7-14(8-10-20)11-17-2/h5-6,12,14,17H,4,7-11,13H2,1-3H3. The first kappa shape index (κ1) is 15.3. The fourth-order valence-electron chi connectivity index (χ4n) is 2.79. The van der Waals surface area contributed by atoms with E-state index in [9.17, 15) is 0 Å². The highest BCUT2D eigenvalue weighted by molar-refractivity contribution is 5.37. The predicted octanol–water partition coefficient (Wildman–Crippen LogP) is 1.97. The number of nitrogens with one attached hydrogen (secondary N) is 1. The number of pyridine rings is 1. The Bertz CT molecular complexity index is 382. The van der Waals surface area contributed by atoms with E-state index in [0.717, 1.165) is 31.4 Å². The number of likely N-dealkylation sites (tertiary alicyclic amines) is 1. The Morgan fingerprint density at radius 2 is 2.10 bits per heavy atom. The van der Waals surface area contributed by atoms with Gasteiger partial charge in [0.05, 0.1) is 0 Å². The van der Waals surface area contributed by atoms with Gasteiger partial charge in [-0.1, -0.05) is 6.07 Å². The Hall–Kier alpha value is -1.13. The molecule has 0 aliphatic carbocycles. The SMILES string of the molecule is CCN(C)c1ccc(CN2CCC(CNC)CC2)cn1. The van der Waals surface area contributed by atoms with Gasteiger partial charge < -0.3 is 10.2 Å². The highest BCUT2D eigenvalue weighted by Gasteiger charge is 2.18. The molecule has 1 aromatic heterocycles. The van der Waals surface area contributed by atoms with Crippen molar-refractivity contribution < 1.29 is 0 Å². The van der Waals surface area contributed by atoms with Crippen LogP contribution in [0.4, 0.5) is 5.82 Å². The Balaban J connectivity index is 1.82. The van der Waals surface area contributed by atoms with Crippen LogP contribution in [0.15, 0.2) is 18.3 Å². The van der Waals surface area contributed by atoms with Crippen molar-refractivity contribution in [2.75, 3.05) is 45.2 Å². The molecule has 4 heteroatoms. The number of piperidine rings is 1. The van der Waals surface area contributed by atoms with Crippen LogP contribution in [0.2, 0.25) is 0 Å². The van der Waals surface area contributed by atoms with Crippen molar-refractivity contribution >= 4 is 5.82 Å². The monoisotopic (exact) mass is 276 g/mol. The lowest BCUT2D eigenvalue weighted by Gasteiger charge is -2.31. The second-order valence-electron chi connectivity index (χ2n) is 5.82. The molecule has 1 aliphatic heterocycles. The number of aromatic nitrogens is 1. The van der Waals surface area contributed by atoms with E-state index in [0.29, 0.717) is 0 Å². The number of anilines is 1. The third-order valence-electron chi connectivity index (χ3n) is 4.28.